The predicted molar refractivity (Wildman–Crippen MR) is 138 cm³/mol. The molecule has 2 amide bonds. The van der Waals surface area contributed by atoms with Gasteiger partial charge in [-0.15, -0.1) is 23.2 Å². The first kappa shape index (κ1) is 25.0. The van der Waals surface area contributed by atoms with E-state index in [0.717, 1.165) is 0 Å². The molecule has 3 aromatic carbocycles. The highest BCUT2D eigenvalue weighted by molar-refractivity contribution is 6.53. The Labute approximate surface area is 221 Å². The minimum absolute atomic E-state index is 0.307. The third kappa shape index (κ3) is 5.24. The molecule has 2 atom stereocenters. The molecule has 3 aromatic rings. The number of hydrogen-bond acceptors (Lipinski definition) is 3. The van der Waals surface area contributed by atoms with E-state index in [2.05, 4.69) is 10.6 Å². The maximum absolute atomic E-state index is 13.0. The van der Waals surface area contributed by atoms with E-state index in [1.165, 1.54) is 0 Å². The van der Waals surface area contributed by atoms with Crippen LogP contribution in [0.2, 0.25) is 15.1 Å². The van der Waals surface area contributed by atoms with Gasteiger partial charge < -0.3 is 15.4 Å². The fourth-order valence-electron chi connectivity index (χ4n) is 3.68. The molecule has 1 saturated carbocycles. The number of methoxy groups -OCH3 is 1. The van der Waals surface area contributed by atoms with Crippen LogP contribution in [0, 0.1) is 5.92 Å². The molecule has 0 saturated heterocycles. The van der Waals surface area contributed by atoms with E-state index in [9.17, 15) is 9.59 Å². The summed E-state index contributed by atoms with van der Waals surface area (Å²) in [6, 6.07) is 16.3. The van der Waals surface area contributed by atoms with Crippen molar-refractivity contribution in [3.05, 3.63) is 86.9 Å². The molecule has 4 rings (SSSR count). The molecule has 0 spiro atoms. The van der Waals surface area contributed by atoms with Gasteiger partial charge in [0, 0.05) is 27.2 Å². The van der Waals surface area contributed by atoms with Gasteiger partial charge in [-0.25, -0.2) is 0 Å². The lowest BCUT2D eigenvalue weighted by Gasteiger charge is -2.11. The quantitative estimate of drug-likeness (QED) is 0.309. The summed E-state index contributed by atoms with van der Waals surface area (Å²) >= 11 is 31.3. The maximum Gasteiger partial charge on any atom is 0.255 e. The molecule has 0 radical (unpaired) electrons. The van der Waals surface area contributed by atoms with Crippen LogP contribution in [0.25, 0.3) is 0 Å². The molecule has 0 aliphatic heterocycles. The number of nitrogens with one attached hydrogen (secondary N) is 2. The second-order valence-corrected chi connectivity index (χ2v) is 10.4. The van der Waals surface area contributed by atoms with Gasteiger partial charge in [-0.1, -0.05) is 34.8 Å². The highest BCUT2D eigenvalue weighted by Gasteiger charge is 2.67. The fourth-order valence-corrected chi connectivity index (χ4v) is 5.21. The monoisotopic (exact) mass is 556 g/mol. The zero-order valence-electron chi connectivity index (χ0n) is 17.5. The smallest absolute Gasteiger partial charge is 0.255 e. The van der Waals surface area contributed by atoms with Crippen LogP contribution in [0.5, 0.6) is 5.75 Å². The van der Waals surface area contributed by atoms with Crippen molar-refractivity contribution in [1.29, 1.82) is 0 Å². The lowest BCUT2D eigenvalue weighted by Crippen LogP contribution is -2.17. The lowest BCUT2D eigenvalue weighted by molar-refractivity contribution is -0.117. The average Bonchev–Trinajstić information content (AvgIpc) is 3.37. The minimum atomic E-state index is -1.31. The van der Waals surface area contributed by atoms with Gasteiger partial charge in [0.25, 0.3) is 5.91 Å². The number of carbonyl (C=O) groups excluding carboxylic acids is 2. The Bertz CT molecular complexity index is 1240. The van der Waals surface area contributed by atoms with Crippen molar-refractivity contribution in [2.45, 2.75) is 10.3 Å². The third-order valence-corrected chi connectivity index (χ3v) is 7.12. The zero-order valence-corrected chi connectivity index (χ0v) is 21.3. The number of amides is 2. The summed E-state index contributed by atoms with van der Waals surface area (Å²) in [6.45, 7) is 0. The first-order chi connectivity index (χ1) is 16.1. The molecule has 10 heteroatoms. The molecular weight excluding hydrogens is 542 g/mol. The average molecular weight is 559 g/mol. The number of rotatable bonds is 6. The highest BCUT2D eigenvalue weighted by Crippen LogP contribution is 2.65. The number of hydrogen-bond donors (Lipinski definition) is 2. The first-order valence-corrected chi connectivity index (χ1v) is 11.9. The molecule has 1 aliphatic carbocycles. The molecule has 0 aromatic heterocycles. The second-order valence-electron chi connectivity index (χ2n) is 7.70. The molecule has 34 heavy (non-hydrogen) atoms. The molecule has 176 valence electrons. The van der Waals surface area contributed by atoms with Crippen LogP contribution >= 0.6 is 58.0 Å². The molecule has 5 nitrogen and oxygen atoms in total. The van der Waals surface area contributed by atoms with Gasteiger partial charge in [0.05, 0.1) is 23.7 Å². The van der Waals surface area contributed by atoms with Crippen molar-refractivity contribution in [3.63, 3.8) is 0 Å². The largest absolute Gasteiger partial charge is 0.497 e. The summed E-state index contributed by atoms with van der Waals surface area (Å²) in [4.78, 5) is 25.6. The van der Waals surface area contributed by atoms with E-state index in [1.807, 2.05) is 0 Å². The van der Waals surface area contributed by atoms with Crippen molar-refractivity contribution in [3.8, 4) is 5.75 Å². The molecular formula is C24H17Cl5N2O3. The third-order valence-electron chi connectivity index (χ3n) is 5.41. The predicted octanol–water partition coefficient (Wildman–Crippen LogP) is 7.43. The number of benzene rings is 3. The van der Waals surface area contributed by atoms with Gasteiger partial charge >= 0.3 is 0 Å². The van der Waals surface area contributed by atoms with Crippen molar-refractivity contribution in [2.24, 2.45) is 5.92 Å². The van der Waals surface area contributed by atoms with Crippen LogP contribution in [0.15, 0.2) is 60.7 Å². The van der Waals surface area contributed by atoms with Crippen LogP contribution in [0.1, 0.15) is 21.8 Å². The van der Waals surface area contributed by atoms with E-state index in [0.29, 0.717) is 43.3 Å². The first-order valence-electron chi connectivity index (χ1n) is 10.00. The molecule has 0 heterocycles. The number of halogens is 5. The topological polar surface area (TPSA) is 67.4 Å². The number of alkyl halides is 2. The Hall–Kier alpha value is -2.15. The van der Waals surface area contributed by atoms with Crippen LogP contribution < -0.4 is 15.4 Å². The molecule has 2 N–H and O–H groups in total. The van der Waals surface area contributed by atoms with Gasteiger partial charge in [0.1, 0.15) is 10.1 Å². The number of carbonyl (C=O) groups is 2. The van der Waals surface area contributed by atoms with Crippen LogP contribution in [-0.2, 0) is 4.79 Å². The maximum atomic E-state index is 13.0. The van der Waals surface area contributed by atoms with E-state index in [4.69, 9.17) is 62.7 Å². The Morgan fingerprint density at radius 3 is 2.15 bits per heavy atom. The zero-order chi connectivity index (χ0) is 24.6. The number of ether oxygens (including phenoxy) is 1. The standard InChI is InChI=1S/C24H17Cl5N2O3/c1-34-17-5-2-12(3-6-17)22(32)31-19-11-16(4-7-18(19)27)30-23(33)21-20(24(21,28)29)13-8-14(25)10-15(26)9-13/h2-11,20-21H,1H3,(H,30,33)(H,31,32). The summed E-state index contributed by atoms with van der Waals surface area (Å²) in [6.07, 6.45) is 0. The van der Waals surface area contributed by atoms with E-state index >= 15 is 0 Å². The summed E-state index contributed by atoms with van der Waals surface area (Å²) in [5.41, 5.74) is 1.84. The summed E-state index contributed by atoms with van der Waals surface area (Å²) < 4.78 is 3.79. The Balaban J connectivity index is 1.48. The highest BCUT2D eigenvalue weighted by atomic mass is 35.5. The fraction of sp³-hybridized carbons (Fsp3) is 0.167. The van der Waals surface area contributed by atoms with E-state index in [1.54, 1.807) is 67.8 Å². The minimum Gasteiger partial charge on any atom is -0.497 e. The Morgan fingerprint density at radius 1 is 0.882 bits per heavy atom. The van der Waals surface area contributed by atoms with Crippen LogP contribution in [-0.4, -0.2) is 23.3 Å². The summed E-state index contributed by atoms with van der Waals surface area (Å²) in [5, 5.41) is 6.68. The van der Waals surface area contributed by atoms with Gasteiger partial charge in [-0.2, -0.15) is 0 Å². The second kappa shape index (κ2) is 9.84. The Kier molecular flexibility index (Phi) is 7.22. The van der Waals surface area contributed by atoms with Gasteiger partial charge in [-0.3, -0.25) is 9.59 Å². The van der Waals surface area contributed by atoms with Gasteiger partial charge in [0.15, 0.2) is 0 Å². The van der Waals surface area contributed by atoms with Crippen molar-refractivity contribution < 1.29 is 14.3 Å². The van der Waals surface area contributed by atoms with Crippen molar-refractivity contribution in [2.75, 3.05) is 17.7 Å². The summed E-state index contributed by atoms with van der Waals surface area (Å²) in [5.74, 6) is -1.33. The normalized spacial score (nSPS) is 18.2. The molecule has 1 aliphatic rings. The van der Waals surface area contributed by atoms with E-state index < -0.39 is 16.2 Å². The Morgan fingerprint density at radius 2 is 1.53 bits per heavy atom. The molecule has 1 fully saturated rings. The van der Waals surface area contributed by atoms with Gasteiger partial charge in [0.2, 0.25) is 5.91 Å². The molecule has 0 bridgehead atoms. The SMILES string of the molecule is COc1ccc(C(=O)Nc2cc(NC(=O)C3C(c4cc(Cl)cc(Cl)c4)C3(Cl)Cl)ccc2Cl)cc1. The lowest BCUT2D eigenvalue weighted by atomic mass is 10.1. The molecule has 2 unspecified atom stereocenters. The number of anilines is 2. The van der Waals surface area contributed by atoms with Crippen molar-refractivity contribution >= 4 is 81.2 Å². The van der Waals surface area contributed by atoms with Crippen LogP contribution in [0.3, 0.4) is 0 Å². The van der Waals surface area contributed by atoms with Gasteiger partial charge in [-0.05, 0) is 66.2 Å². The van der Waals surface area contributed by atoms with E-state index in [-0.39, 0.29) is 11.8 Å². The van der Waals surface area contributed by atoms with Crippen LogP contribution in [0.4, 0.5) is 11.4 Å². The summed E-state index contributed by atoms with van der Waals surface area (Å²) in [7, 11) is 1.54. The van der Waals surface area contributed by atoms with Crippen molar-refractivity contribution in [1.82, 2.24) is 0 Å².